The van der Waals surface area contributed by atoms with Crippen molar-refractivity contribution in [2.75, 3.05) is 13.6 Å². The van der Waals surface area contributed by atoms with Gasteiger partial charge in [-0.25, -0.2) is 4.79 Å². The number of benzene rings is 1. The summed E-state index contributed by atoms with van der Waals surface area (Å²) in [6.07, 6.45) is 1.47. The molecule has 5 nitrogen and oxygen atoms in total. The lowest BCUT2D eigenvalue weighted by Gasteiger charge is -2.20. The van der Waals surface area contributed by atoms with Crippen LogP contribution in [-0.4, -0.2) is 41.8 Å². The number of unbranched alkanes of at least 4 members (excludes halogenated alkanes) is 1. The van der Waals surface area contributed by atoms with Crippen LogP contribution in [0.25, 0.3) is 0 Å². The van der Waals surface area contributed by atoms with Crippen LogP contribution in [0.15, 0.2) is 30.3 Å². The van der Waals surface area contributed by atoms with Gasteiger partial charge in [-0.2, -0.15) is 0 Å². The third kappa shape index (κ3) is 7.34. The number of aliphatic carboxylic acids is 1. The molecular weight excluding hydrogens is 270 g/mol. The smallest absolute Gasteiger partial charge is 0.409 e. The molecule has 0 aliphatic rings. The van der Waals surface area contributed by atoms with Crippen LogP contribution in [0.4, 0.5) is 4.79 Å². The van der Waals surface area contributed by atoms with Gasteiger partial charge in [-0.05, 0) is 25.3 Å². The molecule has 21 heavy (non-hydrogen) atoms. The number of carboxylic acid groups (broad SMARTS) is 1. The Morgan fingerprint density at radius 3 is 2.52 bits per heavy atom. The highest BCUT2D eigenvalue weighted by Gasteiger charge is 2.14. The van der Waals surface area contributed by atoms with Gasteiger partial charge in [0.25, 0.3) is 0 Å². The van der Waals surface area contributed by atoms with Crippen molar-refractivity contribution in [2.24, 2.45) is 0 Å². The van der Waals surface area contributed by atoms with Crippen LogP contribution < -0.4 is 0 Å². The highest BCUT2D eigenvalue weighted by Crippen LogP contribution is 2.07. The molecule has 0 aliphatic carbocycles. The van der Waals surface area contributed by atoms with Gasteiger partial charge in [0.1, 0.15) is 6.10 Å². The Balaban J connectivity index is 2.26. The quantitative estimate of drug-likeness (QED) is 0.748. The van der Waals surface area contributed by atoms with Crippen molar-refractivity contribution in [2.45, 2.75) is 38.7 Å². The van der Waals surface area contributed by atoms with Gasteiger partial charge in [0.15, 0.2) is 0 Å². The SMILES string of the molecule is CC(Cc1ccccc1)OC(=O)N(C)CCCCC(=O)O. The van der Waals surface area contributed by atoms with Crippen LogP contribution >= 0.6 is 0 Å². The predicted molar refractivity (Wildman–Crippen MR) is 80.2 cm³/mol. The van der Waals surface area contributed by atoms with E-state index >= 15 is 0 Å². The van der Waals surface area contributed by atoms with Crippen LogP contribution in [0, 0.1) is 0 Å². The molecule has 0 saturated heterocycles. The predicted octanol–water partition coefficient (Wildman–Crippen LogP) is 2.94. The number of hydrogen-bond donors (Lipinski definition) is 1. The molecule has 1 rings (SSSR count). The van der Waals surface area contributed by atoms with E-state index in [4.69, 9.17) is 9.84 Å². The van der Waals surface area contributed by atoms with Gasteiger partial charge in [0, 0.05) is 26.4 Å². The molecule has 1 aromatic carbocycles. The summed E-state index contributed by atoms with van der Waals surface area (Å²) in [6, 6.07) is 9.86. The molecule has 0 heterocycles. The average molecular weight is 293 g/mol. The van der Waals surface area contributed by atoms with Crippen LogP contribution in [0.5, 0.6) is 0 Å². The van der Waals surface area contributed by atoms with E-state index in [0.717, 1.165) is 5.56 Å². The Labute approximate surface area is 125 Å². The van der Waals surface area contributed by atoms with Crippen LogP contribution in [0.2, 0.25) is 0 Å². The number of carboxylic acids is 1. The number of hydrogen-bond acceptors (Lipinski definition) is 3. The van der Waals surface area contributed by atoms with Gasteiger partial charge >= 0.3 is 12.1 Å². The van der Waals surface area contributed by atoms with Crippen molar-refractivity contribution in [3.05, 3.63) is 35.9 Å². The Morgan fingerprint density at radius 1 is 1.24 bits per heavy atom. The summed E-state index contributed by atoms with van der Waals surface area (Å²) in [7, 11) is 1.67. The summed E-state index contributed by atoms with van der Waals surface area (Å²) in [6.45, 7) is 2.37. The molecule has 5 heteroatoms. The molecular formula is C16H23NO4. The molecule has 1 unspecified atom stereocenters. The second kappa shape index (κ2) is 9.00. The molecule has 1 amide bonds. The second-order valence-corrected chi connectivity index (χ2v) is 5.16. The van der Waals surface area contributed by atoms with Crippen LogP contribution in [0.1, 0.15) is 31.7 Å². The zero-order valence-electron chi connectivity index (χ0n) is 12.6. The fraction of sp³-hybridized carbons (Fsp3) is 0.500. The normalized spacial score (nSPS) is 11.7. The van der Waals surface area contributed by atoms with Crippen LogP contribution in [0.3, 0.4) is 0 Å². The maximum absolute atomic E-state index is 11.9. The number of nitrogens with zero attached hydrogens (tertiary/aromatic N) is 1. The molecule has 1 N–H and O–H groups in total. The largest absolute Gasteiger partial charge is 0.481 e. The Morgan fingerprint density at radius 2 is 1.90 bits per heavy atom. The van der Waals surface area contributed by atoms with Crippen molar-refractivity contribution in [1.29, 1.82) is 0 Å². The third-order valence-corrected chi connectivity index (χ3v) is 3.11. The summed E-state index contributed by atoms with van der Waals surface area (Å²) in [5.41, 5.74) is 1.13. The molecule has 0 bridgehead atoms. The summed E-state index contributed by atoms with van der Waals surface area (Å²) < 4.78 is 5.36. The average Bonchev–Trinajstić information content (AvgIpc) is 2.44. The summed E-state index contributed by atoms with van der Waals surface area (Å²) in [4.78, 5) is 23.7. The summed E-state index contributed by atoms with van der Waals surface area (Å²) in [5.74, 6) is -0.809. The number of amides is 1. The minimum atomic E-state index is -0.809. The zero-order valence-corrected chi connectivity index (χ0v) is 12.6. The number of rotatable bonds is 8. The molecule has 1 atom stereocenters. The first-order valence-corrected chi connectivity index (χ1v) is 7.16. The first-order chi connectivity index (χ1) is 9.99. The van der Waals surface area contributed by atoms with E-state index in [1.54, 1.807) is 7.05 Å². The lowest BCUT2D eigenvalue weighted by atomic mass is 10.1. The molecule has 0 aliphatic heterocycles. The standard InChI is InChI=1S/C16H23NO4/c1-13(12-14-8-4-3-5-9-14)21-16(20)17(2)11-7-6-10-15(18)19/h3-5,8-9,13H,6-7,10-12H2,1-2H3,(H,18,19). The Kier molecular flexibility index (Phi) is 7.29. The molecule has 0 aromatic heterocycles. The van der Waals surface area contributed by atoms with Gasteiger partial charge in [0.05, 0.1) is 0 Å². The highest BCUT2D eigenvalue weighted by molar-refractivity contribution is 5.67. The Hall–Kier alpha value is -2.04. The van der Waals surface area contributed by atoms with Gasteiger partial charge in [0.2, 0.25) is 0 Å². The molecule has 0 saturated carbocycles. The highest BCUT2D eigenvalue weighted by atomic mass is 16.6. The third-order valence-electron chi connectivity index (χ3n) is 3.11. The van der Waals surface area contributed by atoms with Crippen molar-refractivity contribution in [3.63, 3.8) is 0 Å². The first-order valence-electron chi connectivity index (χ1n) is 7.16. The molecule has 116 valence electrons. The minimum absolute atomic E-state index is 0.132. The fourth-order valence-electron chi connectivity index (χ4n) is 1.97. The minimum Gasteiger partial charge on any atom is -0.481 e. The van der Waals surface area contributed by atoms with Gasteiger partial charge in [-0.1, -0.05) is 30.3 Å². The molecule has 0 spiro atoms. The van der Waals surface area contributed by atoms with Gasteiger partial charge in [-0.15, -0.1) is 0 Å². The van der Waals surface area contributed by atoms with E-state index in [2.05, 4.69) is 0 Å². The Bertz CT molecular complexity index is 447. The van der Waals surface area contributed by atoms with Crippen LogP contribution in [-0.2, 0) is 16.0 Å². The summed E-state index contributed by atoms with van der Waals surface area (Å²) >= 11 is 0. The maximum Gasteiger partial charge on any atom is 0.409 e. The molecule has 0 radical (unpaired) electrons. The van der Waals surface area contributed by atoms with Crippen molar-refractivity contribution >= 4 is 12.1 Å². The number of carbonyl (C=O) groups excluding carboxylic acids is 1. The number of carbonyl (C=O) groups is 2. The molecule has 1 aromatic rings. The zero-order chi connectivity index (χ0) is 15.7. The topological polar surface area (TPSA) is 66.8 Å². The first kappa shape index (κ1) is 17.0. The van der Waals surface area contributed by atoms with Crippen molar-refractivity contribution < 1.29 is 19.4 Å². The number of ether oxygens (including phenoxy) is 1. The van der Waals surface area contributed by atoms with E-state index in [9.17, 15) is 9.59 Å². The van der Waals surface area contributed by atoms with E-state index in [1.807, 2.05) is 37.3 Å². The molecule has 0 fully saturated rings. The van der Waals surface area contributed by atoms with Crippen molar-refractivity contribution in [1.82, 2.24) is 4.90 Å². The van der Waals surface area contributed by atoms with Gasteiger partial charge < -0.3 is 14.7 Å². The van der Waals surface area contributed by atoms with E-state index in [-0.39, 0.29) is 18.6 Å². The summed E-state index contributed by atoms with van der Waals surface area (Å²) in [5, 5.41) is 8.54. The van der Waals surface area contributed by atoms with E-state index in [0.29, 0.717) is 25.8 Å². The lowest BCUT2D eigenvalue weighted by Crippen LogP contribution is -2.31. The lowest BCUT2D eigenvalue weighted by molar-refractivity contribution is -0.137. The second-order valence-electron chi connectivity index (χ2n) is 5.16. The monoisotopic (exact) mass is 293 g/mol. The van der Waals surface area contributed by atoms with E-state index < -0.39 is 5.97 Å². The van der Waals surface area contributed by atoms with Gasteiger partial charge in [-0.3, -0.25) is 4.79 Å². The maximum atomic E-state index is 11.9. The van der Waals surface area contributed by atoms with E-state index in [1.165, 1.54) is 4.90 Å². The van der Waals surface area contributed by atoms with Crippen molar-refractivity contribution in [3.8, 4) is 0 Å². The fourth-order valence-corrected chi connectivity index (χ4v) is 1.97.